The van der Waals surface area contributed by atoms with Crippen molar-refractivity contribution in [3.8, 4) is 5.75 Å². The third-order valence-corrected chi connectivity index (χ3v) is 6.85. The molecule has 0 bridgehead atoms. The Morgan fingerprint density at radius 2 is 1.70 bits per heavy atom. The summed E-state index contributed by atoms with van der Waals surface area (Å²) >= 11 is 0. The fourth-order valence-corrected chi connectivity index (χ4v) is 5.53. The number of rotatable bonds is 5. The molecule has 4 N–H and O–H groups in total. The SMILES string of the molecule is COc1ccc([C@H]2[C@H](S(=O)(=O)c3ccccc3)[C@@]2(N)CN)cc1. The molecule has 1 saturated carbocycles. The van der Waals surface area contributed by atoms with Gasteiger partial charge in [0.05, 0.1) is 22.8 Å². The molecule has 0 heterocycles. The minimum atomic E-state index is -3.53. The molecule has 0 radical (unpaired) electrons. The number of nitrogens with two attached hydrogens (primary N) is 2. The van der Waals surface area contributed by atoms with E-state index in [2.05, 4.69) is 0 Å². The summed E-state index contributed by atoms with van der Waals surface area (Å²) in [7, 11) is -1.95. The van der Waals surface area contributed by atoms with Crippen LogP contribution in [0.4, 0.5) is 0 Å². The molecule has 0 aliphatic heterocycles. The summed E-state index contributed by atoms with van der Waals surface area (Å²) in [5.41, 5.74) is 12.1. The van der Waals surface area contributed by atoms with Crippen LogP contribution in [0.2, 0.25) is 0 Å². The van der Waals surface area contributed by atoms with Crippen LogP contribution in [0.3, 0.4) is 0 Å². The highest BCUT2D eigenvalue weighted by Gasteiger charge is 2.68. The van der Waals surface area contributed by atoms with Gasteiger partial charge in [-0.25, -0.2) is 8.42 Å². The van der Waals surface area contributed by atoms with Gasteiger partial charge in [0.1, 0.15) is 5.75 Å². The van der Waals surface area contributed by atoms with E-state index >= 15 is 0 Å². The Balaban J connectivity index is 1.98. The Labute approximate surface area is 136 Å². The molecule has 2 aromatic rings. The molecule has 0 aromatic heterocycles. The van der Waals surface area contributed by atoms with Gasteiger partial charge in [-0.3, -0.25) is 0 Å². The minimum absolute atomic E-state index is 0.112. The summed E-state index contributed by atoms with van der Waals surface area (Å²) < 4.78 is 31.0. The number of sulfone groups is 1. The summed E-state index contributed by atoms with van der Waals surface area (Å²) in [6.07, 6.45) is 0. The van der Waals surface area contributed by atoms with Gasteiger partial charge < -0.3 is 16.2 Å². The molecule has 0 saturated heterocycles. The molecule has 5 nitrogen and oxygen atoms in total. The zero-order valence-corrected chi connectivity index (χ0v) is 13.7. The first-order chi connectivity index (χ1) is 10.9. The van der Waals surface area contributed by atoms with Crippen molar-refractivity contribution in [2.24, 2.45) is 11.5 Å². The second kappa shape index (κ2) is 5.63. The summed E-state index contributed by atoms with van der Waals surface area (Å²) in [6, 6.07) is 15.7. The molecule has 1 aliphatic rings. The highest BCUT2D eigenvalue weighted by atomic mass is 32.2. The van der Waals surface area contributed by atoms with Crippen LogP contribution >= 0.6 is 0 Å². The van der Waals surface area contributed by atoms with E-state index in [0.717, 1.165) is 5.56 Å². The first-order valence-electron chi connectivity index (χ1n) is 7.37. The van der Waals surface area contributed by atoms with Crippen molar-refractivity contribution in [2.45, 2.75) is 21.6 Å². The predicted molar refractivity (Wildman–Crippen MR) is 89.1 cm³/mol. The first-order valence-corrected chi connectivity index (χ1v) is 8.91. The molecule has 122 valence electrons. The molecule has 1 fully saturated rings. The maximum Gasteiger partial charge on any atom is 0.183 e. The fraction of sp³-hybridized carbons (Fsp3) is 0.294. The van der Waals surface area contributed by atoms with Crippen molar-refractivity contribution in [1.82, 2.24) is 0 Å². The molecule has 0 unspecified atom stereocenters. The number of benzene rings is 2. The molecule has 0 amide bonds. The van der Waals surface area contributed by atoms with E-state index in [-0.39, 0.29) is 17.4 Å². The van der Waals surface area contributed by atoms with Crippen molar-refractivity contribution in [3.63, 3.8) is 0 Å². The summed E-state index contributed by atoms with van der Waals surface area (Å²) in [4.78, 5) is 0.282. The van der Waals surface area contributed by atoms with E-state index < -0.39 is 20.6 Å². The monoisotopic (exact) mass is 332 g/mol. The van der Waals surface area contributed by atoms with Gasteiger partial charge in [0.15, 0.2) is 9.84 Å². The second-order valence-corrected chi connectivity index (χ2v) is 7.92. The summed E-state index contributed by atoms with van der Waals surface area (Å²) in [5.74, 6) is 0.399. The van der Waals surface area contributed by atoms with Crippen molar-refractivity contribution in [3.05, 3.63) is 60.2 Å². The molecular weight excluding hydrogens is 312 g/mol. The first kappa shape index (κ1) is 16.0. The quantitative estimate of drug-likeness (QED) is 0.860. The third-order valence-electron chi connectivity index (χ3n) is 4.54. The van der Waals surface area contributed by atoms with Crippen LogP contribution in [0.5, 0.6) is 5.75 Å². The van der Waals surface area contributed by atoms with Gasteiger partial charge in [0.2, 0.25) is 0 Å². The van der Waals surface area contributed by atoms with Crippen LogP contribution in [-0.4, -0.2) is 32.9 Å². The lowest BCUT2D eigenvalue weighted by Crippen LogP contribution is -2.39. The van der Waals surface area contributed by atoms with Crippen molar-refractivity contribution >= 4 is 9.84 Å². The lowest BCUT2D eigenvalue weighted by Gasteiger charge is -2.09. The predicted octanol–water partition coefficient (Wildman–Crippen LogP) is 1.29. The normalized spacial score (nSPS) is 26.7. The fourth-order valence-electron chi connectivity index (χ4n) is 3.19. The number of hydrogen-bond acceptors (Lipinski definition) is 5. The van der Waals surface area contributed by atoms with E-state index in [0.29, 0.717) is 5.75 Å². The maximum absolute atomic E-state index is 12.9. The summed E-state index contributed by atoms with van der Waals surface area (Å²) in [6.45, 7) is 0.112. The molecule has 0 spiro atoms. The van der Waals surface area contributed by atoms with Gasteiger partial charge >= 0.3 is 0 Å². The molecule has 1 aliphatic carbocycles. The van der Waals surface area contributed by atoms with Gasteiger partial charge in [0.25, 0.3) is 0 Å². The molecule has 23 heavy (non-hydrogen) atoms. The van der Waals surface area contributed by atoms with Gasteiger partial charge in [-0.1, -0.05) is 30.3 Å². The Bertz CT molecular complexity index is 790. The van der Waals surface area contributed by atoms with E-state index in [4.69, 9.17) is 16.2 Å². The third kappa shape index (κ3) is 2.52. The van der Waals surface area contributed by atoms with Gasteiger partial charge in [-0.05, 0) is 29.8 Å². The van der Waals surface area contributed by atoms with E-state index in [9.17, 15) is 8.42 Å². The molecule has 2 aromatic carbocycles. The van der Waals surface area contributed by atoms with Crippen molar-refractivity contribution in [1.29, 1.82) is 0 Å². The highest BCUT2D eigenvalue weighted by molar-refractivity contribution is 7.92. The van der Waals surface area contributed by atoms with Gasteiger partial charge in [-0.15, -0.1) is 0 Å². The smallest absolute Gasteiger partial charge is 0.183 e. The Morgan fingerprint density at radius 1 is 1.09 bits per heavy atom. The van der Waals surface area contributed by atoms with Crippen LogP contribution in [0.15, 0.2) is 59.5 Å². The lowest BCUT2D eigenvalue weighted by molar-refractivity contribution is 0.414. The van der Waals surface area contributed by atoms with Gasteiger partial charge in [0, 0.05) is 12.5 Å². The zero-order chi connectivity index (χ0) is 16.7. The van der Waals surface area contributed by atoms with E-state index in [1.807, 2.05) is 12.1 Å². The standard InChI is InChI=1S/C17H20N2O3S/c1-22-13-9-7-12(8-10-13)15-16(17(15,19)11-18)23(20,21)14-5-3-2-4-6-14/h2-10,15-16H,11,18-19H2,1H3/t15-,16-,17+/m0/s1. The van der Waals surface area contributed by atoms with Crippen molar-refractivity contribution < 1.29 is 13.2 Å². The number of hydrogen-bond donors (Lipinski definition) is 2. The largest absolute Gasteiger partial charge is 0.497 e. The highest BCUT2D eigenvalue weighted by Crippen LogP contribution is 2.55. The van der Waals surface area contributed by atoms with Crippen LogP contribution in [0, 0.1) is 0 Å². The van der Waals surface area contributed by atoms with Crippen molar-refractivity contribution in [2.75, 3.05) is 13.7 Å². The lowest BCUT2D eigenvalue weighted by atomic mass is 10.1. The van der Waals surface area contributed by atoms with Crippen LogP contribution < -0.4 is 16.2 Å². The Hall–Kier alpha value is -1.89. The molecular formula is C17H20N2O3S. The van der Waals surface area contributed by atoms with Crippen LogP contribution in [0.1, 0.15) is 11.5 Å². The molecule has 3 atom stereocenters. The Kier molecular flexibility index (Phi) is 3.91. The summed E-state index contributed by atoms with van der Waals surface area (Å²) in [5, 5.41) is -0.712. The van der Waals surface area contributed by atoms with Crippen LogP contribution in [-0.2, 0) is 9.84 Å². The van der Waals surface area contributed by atoms with Crippen LogP contribution in [0.25, 0.3) is 0 Å². The average Bonchev–Trinajstić information content (AvgIpc) is 3.23. The molecule has 6 heteroatoms. The van der Waals surface area contributed by atoms with E-state index in [1.165, 1.54) is 0 Å². The number of ether oxygens (including phenoxy) is 1. The minimum Gasteiger partial charge on any atom is -0.497 e. The van der Waals surface area contributed by atoms with E-state index in [1.54, 1.807) is 49.6 Å². The zero-order valence-electron chi connectivity index (χ0n) is 12.8. The average molecular weight is 332 g/mol. The topological polar surface area (TPSA) is 95.4 Å². The Morgan fingerprint density at radius 3 is 2.22 bits per heavy atom. The number of methoxy groups -OCH3 is 1. The molecule has 3 rings (SSSR count). The van der Waals surface area contributed by atoms with Gasteiger partial charge in [-0.2, -0.15) is 0 Å². The second-order valence-electron chi connectivity index (χ2n) is 5.85. The maximum atomic E-state index is 12.9.